The fourth-order valence-corrected chi connectivity index (χ4v) is 2.36. The van der Waals surface area contributed by atoms with Gasteiger partial charge in [-0.15, -0.1) is 5.10 Å². The molecule has 0 bridgehead atoms. The summed E-state index contributed by atoms with van der Waals surface area (Å²) in [5.41, 5.74) is 9.22. The van der Waals surface area contributed by atoms with E-state index in [1.807, 2.05) is 55.5 Å². The van der Waals surface area contributed by atoms with Gasteiger partial charge in [0.25, 0.3) is 0 Å². The Morgan fingerprint density at radius 1 is 1.00 bits per heavy atom. The SMILES string of the molecule is Cc1ccc(Oc2ncnc(-n3nnc4ccccc43)c2N)cc1. The van der Waals surface area contributed by atoms with Crippen molar-refractivity contribution < 1.29 is 4.74 Å². The number of hydrogen-bond donors (Lipinski definition) is 1. The zero-order chi connectivity index (χ0) is 16.5. The second kappa shape index (κ2) is 5.62. The molecule has 0 amide bonds. The van der Waals surface area contributed by atoms with E-state index in [2.05, 4.69) is 20.3 Å². The number of ether oxygens (including phenoxy) is 1. The van der Waals surface area contributed by atoms with E-state index in [1.165, 1.54) is 6.33 Å². The number of aromatic nitrogens is 5. The summed E-state index contributed by atoms with van der Waals surface area (Å²) in [5.74, 6) is 1.37. The van der Waals surface area contributed by atoms with Crippen molar-refractivity contribution in [2.75, 3.05) is 5.73 Å². The lowest BCUT2D eigenvalue weighted by atomic mass is 10.2. The molecule has 7 nitrogen and oxygen atoms in total. The largest absolute Gasteiger partial charge is 0.437 e. The highest BCUT2D eigenvalue weighted by Gasteiger charge is 2.15. The van der Waals surface area contributed by atoms with Crippen LogP contribution in [0.15, 0.2) is 54.9 Å². The minimum absolute atomic E-state index is 0.281. The Morgan fingerprint density at radius 3 is 2.62 bits per heavy atom. The van der Waals surface area contributed by atoms with E-state index < -0.39 is 0 Å². The molecule has 0 saturated carbocycles. The van der Waals surface area contributed by atoms with Crippen LogP contribution in [0.4, 0.5) is 5.69 Å². The summed E-state index contributed by atoms with van der Waals surface area (Å²) in [6, 6.07) is 15.2. The Morgan fingerprint density at radius 2 is 1.79 bits per heavy atom. The van der Waals surface area contributed by atoms with Crippen molar-refractivity contribution in [1.82, 2.24) is 25.0 Å². The smallest absolute Gasteiger partial charge is 0.248 e. The van der Waals surface area contributed by atoms with Crippen molar-refractivity contribution >= 4 is 16.7 Å². The predicted octanol–water partition coefficient (Wildman–Crippen LogP) is 2.89. The lowest BCUT2D eigenvalue weighted by molar-refractivity contribution is 0.463. The molecule has 0 saturated heterocycles. The summed E-state index contributed by atoms with van der Waals surface area (Å²) in [6.45, 7) is 2.01. The number of aryl methyl sites for hydroxylation is 1. The van der Waals surface area contributed by atoms with Crippen LogP contribution in [0.2, 0.25) is 0 Å². The van der Waals surface area contributed by atoms with Crippen LogP contribution in [-0.4, -0.2) is 25.0 Å². The Balaban J connectivity index is 1.77. The average molecular weight is 318 g/mol. The van der Waals surface area contributed by atoms with Crippen molar-refractivity contribution in [3.8, 4) is 17.4 Å². The van der Waals surface area contributed by atoms with Gasteiger partial charge in [-0.1, -0.05) is 35.0 Å². The molecule has 2 aromatic heterocycles. The first kappa shape index (κ1) is 14.1. The molecule has 0 aliphatic rings. The summed E-state index contributed by atoms with van der Waals surface area (Å²) >= 11 is 0. The number of rotatable bonds is 3. The van der Waals surface area contributed by atoms with Gasteiger partial charge in [0.1, 0.15) is 23.3 Å². The number of nitrogens with zero attached hydrogens (tertiary/aromatic N) is 5. The first-order valence-electron chi connectivity index (χ1n) is 7.38. The summed E-state index contributed by atoms with van der Waals surface area (Å²) in [7, 11) is 0. The molecule has 0 aliphatic carbocycles. The lowest BCUT2D eigenvalue weighted by Gasteiger charge is -2.10. The Bertz CT molecular complexity index is 1010. The fourth-order valence-electron chi connectivity index (χ4n) is 2.36. The molecule has 0 unspecified atom stereocenters. The van der Waals surface area contributed by atoms with Gasteiger partial charge in [-0.2, -0.15) is 9.67 Å². The monoisotopic (exact) mass is 318 g/mol. The number of hydrogen-bond acceptors (Lipinski definition) is 6. The van der Waals surface area contributed by atoms with Crippen LogP contribution in [0.3, 0.4) is 0 Å². The Hall–Kier alpha value is -3.48. The molecule has 4 aromatic rings. The normalized spacial score (nSPS) is 10.9. The van der Waals surface area contributed by atoms with E-state index in [9.17, 15) is 0 Å². The number of fused-ring (bicyclic) bond motifs is 1. The van der Waals surface area contributed by atoms with Gasteiger partial charge in [0, 0.05) is 0 Å². The van der Waals surface area contributed by atoms with Crippen molar-refractivity contribution in [3.63, 3.8) is 0 Å². The molecule has 0 spiro atoms. The van der Waals surface area contributed by atoms with Crippen LogP contribution < -0.4 is 10.5 Å². The second-order valence-electron chi connectivity index (χ2n) is 5.32. The van der Waals surface area contributed by atoms with Gasteiger partial charge in [0.15, 0.2) is 5.82 Å². The fraction of sp³-hybridized carbons (Fsp3) is 0.0588. The number of nitrogens with two attached hydrogens (primary N) is 1. The summed E-state index contributed by atoms with van der Waals surface area (Å²) < 4.78 is 7.36. The van der Waals surface area contributed by atoms with E-state index in [0.29, 0.717) is 17.3 Å². The molecule has 0 fully saturated rings. The standard InChI is InChI=1S/C17H14N6O/c1-11-6-8-12(9-7-11)24-17-15(18)16(19-10-20-17)23-14-5-3-2-4-13(14)21-22-23/h2-10H,18H2,1H3. The number of para-hydroxylation sites is 1. The van der Waals surface area contributed by atoms with Crippen LogP contribution in [0.1, 0.15) is 5.56 Å². The van der Waals surface area contributed by atoms with Gasteiger partial charge < -0.3 is 10.5 Å². The first-order valence-corrected chi connectivity index (χ1v) is 7.38. The Kier molecular flexibility index (Phi) is 3.31. The Labute approximate surface area is 137 Å². The lowest BCUT2D eigenvalue weighted by Crippen LogP contribution is -2.07. The van der Waals surface area contributed by atoms with E-state index in [1.54, 1.807) is 4.68 Å². The zero-order valence-electron chi connectivity index (χ0n) is 12.9. The van der Waals surface area contributed by atoms with E-state index >= 15 is 0 Å². The third kappa shape index (κ3) is 2.41. The summed E-state index contributed by atoms with van der Waals surface area (Å²) in [5, 5.41) is 8.24. The minimum atomic E-state index is 0.281. The maximum Gasteiger partial charge on any atom is 0.248 e. The zero-order valence-corrected chi connectivity index (χ0v) is 12.9. The highest BCUT2D eigenvalue weighted by Crippen LogP contribution is 2.29. The van der Waals surface area contributed by atoms with Crippen molar-refractivity contribution in [2.45, 2.75) is 6.92 Å². The molecule has 4 rings (SSSR count). The molecular weight excluding hydrogens is 304 g/mol. The van der Waals surface area contributed by atoms with Crippen LogP contribution in [0.25, 0.3) is 16.9 Å². The third-order valence-corrected chi connectivity index (χ3v) is 3.61. The number of benzene rings is 2. The van der Waals surface area contributed by atoms with Crippen LogP contribution in [0.5, 0.6) is 11.6 Å². The number of nitrogen functional groups attached to an aromatic ring is 1. The third-order valence-electron chi connectivity index (χ3n) is 3.61. The predicted molar refractivity (Wildman–Crippen MR) is 90.1 cm³/mol. The molecule has 7 heteroatoms. The molecule has 0 aliphatic heterocycles. The van der Waals surface area contributed by atoms with E-state index in [-0.39, 0.29) is 5.88 Å². The molecular formula is C17H14N6O. The molecule has 2 heterocycles. The van der Waals surface area contributed by atoms with Crippen molar-refractivity contribution in [3.05, 3.63) is 60.4 Å². The van der Waals surface area contributed by atoms with Crippen LogP contribution in [0, 0.1) is 6.92 Å². The van der Waals surface area contributed by atoms with E-state index in [4.69, 9.17) is 10.5 Å². The molecule has 0 radical (unpaired) electrons. The van der Waals surface area contributed by atoms with Crippen molar-refractivity contribution in [2.24, 2.45) is 0 Å². The van der Waals surface area contributed by atoms with Gasteiger partial charge in [0.2, 0.25) is 5.88 Å². The molecule has 118 valence electrons. The van der Waals surface area contributed by atoms with Crippen LogP contribution in [-0.2, 0) is 0 Å². The van der Waals surface area contributed by atoms with Crippen LogP contribution >= 0.6 is 0 Å². The van der Waals surface area contributed by atoms with E-state index in [0.717, 1.165) is 16.6 Å². The second-order valence-corrected chi connectivity index (χ2v) is 5.32. The molecule has 2 aromatic carbocycles. The maximum atomic E-state index is 6.20. The van der Waals surface area contributed by atoms with Crippen molar-refractivity contribution in [1.29, 1.82) is 0 Å². The first-order chi connectivity index (χ1) is 11.7. The van der Waals surface area contributed by atoms with Gasteiger partial charge in [-0.25, -0.2) is 4.98 Å². The highest BCUT2D eigenvalue weighted by molar-refractivity contribution is 5.77. The molecule has 0 atom stereocenters. The van der Waals surface area contributed by atoms with Gasteiger partial charge in [-0.3, -0.25) is 0 Å². The number of anilines is 1. The minimum Gasteiger partial charge on any atom is -0.437 e. The molecule has 24 heavy (non-hydrogen) atoms. The van der Waals surface area contributed by atoms with Gasteiger partial charge in [-0.05, 0) is 31.2 Å². The average Bonchev–Trinajstić information content (AvgIpc) is 3.03. The molecule has 2 N–H and O–H groups in total. The summed E-state index contributed by atoms with van der Waals surface area (Å²) in [4.78, 5) is 8.36. The van der Waals surface area contributed by atoms with Gasteiger partial charge >= 0.3 is 0 Å². The topological polar surface area (TPSA) is 91.7 Å². The summed E-state index contributed by atoms with van der Waals surface area (Å²) in [6.07, 6.45) is 1.39. The highest BCUT2D eigenvalue weighted by atomic mass is 16.5. The van der Waals surface area contributed by atoms with Gasteiger partial charge in [0.05, 0.1) is 5.52 Å². The maximum absolute atomic E-state index is 6.20. The quantitative estimate of drug-likeness (QED) is 0.624.